The van der Waals surface area contributed by atoms with Crippen molar-refractivity contribution in [3.63, 3.8) is 0 Å². The van der Waals surface area contributed by atoms with Crippen LogP contribution in [0, 0.1) is 6.92 Å². The fourth-order valence-electron chi connectivity index (χ4n) is 1.46. The molecule has 90 valence electrons. The van der Waals surface area contributed by atoms with Gasteiger partial charge in [0.1, 0.15) is 0 Å². The number of anilines is 2. The molecule has 0 radical (unpaired) electrons. The maximum Gasteiger partial charge on any atom is 0.182 e. The molecule has 4 N–H and O–H groups in total. The van der Waals surface area contributed by atoms with Crippen LogP contribution >= 0.6 is 11.3 Å². The molecule has 0 aliphatic carbocycles. The van der Waals surface area contributed by atoms with Crippen LogP contribution in [0.4, 0.5) is 10.8 Å². The molecule has 2 aromatic rings. The van der Waals surface area contributed by atoms with Crippen LogP contribution < -0.4 is 11.1 Å². The fourth-order valence-corrected chi connectivity index (χ4v) is 2.15. The number of hydrogen-bond acceptors (Lipinski definition) is 5. The van der Waals surface area contributed by atoms with Crippen molar-refractivity contribution in [2.45, 2.75) is 13.0 Å². The quantitative estimate of drug-likeness (QED) is 0.726. The average molecular weight is 249 g/mol. The summed E-state index contributed by atoms with van der Waals surface area (Å²) >= 11 is 1.54. The summed E-state index contributed by atoms with van der Waals surface area (Å²) in [7, 11) is 0. The molecular weight excluding hydrogens is 234 g/mol. The van der Waals surface area contributed by atoms with E-state index in [9.17, 15) is 5.11 Å². The first-order chi connectivity index (χ1) is 8.15. The molecule has 0 aliphatic rings. The number of aliphatic hydroxyl groups is 1. The Hall–Kier alpha value is -1.59. The Balaban J connectivity index is 1.93. The molecule has 0 spiro atoms. The third kappa shape index (κ3) is 3.18. The minimum atomic E-state index is -0.556. The van der Waals surface area contributed by atoms with Gasteiger partial charge in [-0.2, -0.15) is 0 Å². The minimum absolute atomic E-state index is 0.441. The highest BCUT2D eigenvalue weighted by Crippen LogP contribution is 2.18. The summed E-state index contributed by atoms with van der Waals surface area (Å²) in [5.41, 5.74) is 8.12. The fraction of sp³-hybridized carbons (Fsp3) is 0.250. The van der Waals surface area contributed by atoms with Crippen molar-refractivity contribution in [3.05, 3.63) is 40.9 Å². The van der Waals surface area contributed by atoms with Crippen LogP contribution in [0.5, 0.6) is 0 Å². The standard InChI is InChI=1S/C12H15N3OS/c1-8-7-17-12(15-8)14-6-11(16)9-2-4-10(13)5-3-9/h2-5,7,11,16H,6,13H2,1H3,(H,14,15). The van der Waals surface area contributed by atoms with Crippen molar-refractivity contribution in [1.29, 1.82) is 0 Å². The van der Waals surface area contributed by atoms with Gasteiger partial charge in [0.25, 0.3) is 0 Å². The Morgan fingerprint density at radius 1 is 1.41 bits per heavy atom. The molecule has 1 atom stereocenters. The van der Waals surface area contributed by atoms with E-state index in [4.69, 9.17) is 5.73 Å². The summed E-state index contributed by atoms with van der Waals surface area (Å²) in [5.74, 6) is 0. The van der Waals surface area contributed by atoms with Crippen LogP contribution in [0.15, 0.2) is 29.6 Å². The molecular formula is C12H15N3OS. The van der Waals surface area contributed by atoms with E-state index in [0.717, 1.165) is 16.4 Å². The number of nitrogens with one attached hydrogen (secondary N) is 1. The second kappa shape index (κ2) is 5.16. The maximum absolute atomic E-state index is 9.95. The molecule has 0 fully saturated rings. The Morgan fingerprint density at radius 2 is 2.12 bits per heavy atom. The molecule has 0 saturated heterocycles. The molecule has 0 bridgehead atoms. The molecule has 1 aromatic heterocycles. The van der Waals surface area contributed by atoms with E-state index in [1.807, 2.05) is 24.4 Å². The van der Waals surface area contributed by atoms with Crippen LogP contribution in [-0.4, -0.2) is 16.6 Å². The zero-order chi connectivity index (χ0) is 12.3. The molecule has 17 heavy (non-hydrogen) atoms. The summed E-state index contributed by atoms with van der Waals surface area (Å²) < 4.78 is 0. The number of rotatable bonds is 4. The predicted molar refractivity (Wildman–Crippen MR) is 71.2 cm³/mol. The molecule has 2 rings (SSSR count). The number of aliphatic hydroxyl groups excluding tert-OH is 1. The highest BCUT2D eigenvalue weighted by molar-refractivity contribution is 7.13. The summed E-state index contributed by atoms with van der Waals surface area (Å²) in [6.07, 6.45) is -0.556. The highest BCUT2D eigenvalue weighted by atomic mass is 32.1. The van der Waals surface area contributed by atoms with Gasteiger partial charge in [-0.1, -0.05) is 12.1 Å². The van der Waals surface area contributed by atoms with Crippen molar-refractivity contribution < 1.29 is 5.11 Å². The van der Waals surface area contributed by atoms with Crippen molar-refractivity contribution in [1.82, 2.24) is 4.98 Å². The largest absolute Gasteiger partial charge is 0.399 e. The van der Waals surface area contributed by atoms with Gasteiger partial charge < -0.3 is 16.2 Å². The Labute approximate surface area is 104 Å². The van der Waals surface area contributed by atoms with E-state index in [-0.39, 0.29) is 0 Å². The van der Waals surface area contributed by atoms with Crippen LogP contribution in [0.3, 0.4) is 0 Å². The SMILES string of the molecule is Cc1csc(NCC(O)c2ccc(N)cc2)n1. The zero-order valence-corrected chi connectivity index (χ0v) is 10.4. The third-order valence-electron chi connectivity index (χ3n) is 2.39. The summed E-state index contributed by atoms with van der Waals surface area (Å²) in [5, 5.41) is 15.9. The molecule has 1 unspecified atom stereocenters. The lowest BCUT2D eigenvalue weighted by Crippen LogP contribution is -2.12. The normalized spacial score (nSPS) is 12.4. The Kier molecular flexibility index (Phi) is 3.61. The first kappa shape index (κ1) is 11.9. The first-order valence-corrected chi connectivity index (χ1v) is 6.22. The Morgan fingerprint density at radius 3 is 2.71 bits per heavy atom. The van der Waals surface area contributed by atoms with Gasteiger partial charge in [0.05, 0.1) is 11.8 Å². The molecule has 1 heterocycles. The van der Waals surface area contributed by atoms with Gasteiger partial charge in [0.15, 0.2) is 5.13 Å². The number of nitrogens with two attached hydrogens (primary N) is 1. The average Bonchev–Trinajstić information content (AvgIpc) is 2.73. The van der Waals surface area contributed by atoms with Crippen molar-refractivity contribution >= 4 is 22.2 Å². The second-order valence-corrected chi connectivity index (χ2v) is 4.72. The Bertz CT molecular complexity index is 481. The van der Waals surface area contributed by atoms with E-state index in [1.54, 1.807) is 12.1 Å². The topological polar surface area (TPSA) is 71.2 Å². The lowest BCUT2D eigenvalue weighted by Gasteiger charge is -2.11. The van der Waals surface area contributed by atoms with E-state index in [1.165, 1.54) is 11.3 Å². The van der Waals surface area contributed by atoms with E-state index < -0.39 is 6.10 Å². The first-order valence-electron chi connectivity index (χ1n) is 5.34. The zero-order valence-electron chi connectivity index (χ0n) is 9.55. The second-order valence-electron chi connectivity index (χ2n) is 3.86. The number of hydrogen-bond donors (Lipinski definition) is 3. The summed E-state index contributed by atoms with van der Waals surface area (Å²) in [6, 6.07) is 7.22. The van der Waals surface area contributed by atoms with E-state index in [2.05, 4.69) is 10.3 Å². The van der Waals surface area contributed by atoms with Crippen LogP contribution in [0.2, 0.25) is 0 Å². The summed E-state index contributed by atoms with van der Waals surface area (Å²) in [4.78, 5) is 4.27. The number of nitrogen functional groups attached to an aromatic ring is 1. The lowest BCUT2D eigenvalue weighted by atomic mass is 10.1. The minimum Gasteiger partial charge on any atom is -0.399 e. The van der Waals surface area contributed by atoms with Gasteiger partial charge in [0.2, 0.25) is 0 Å². The van der Waals surface area contributed by atoms with Crippen LogP contribution in [0.1, 0.15) is 17.4 Å². The van der Waals surface area contributed by atoms with E-state index >= 15 is 0 Å². The predicted octanol–water partition coefficient (Wildman–Crippen LogP) is 2.18. The van der Waals surface area contributed by atoms with Gasteiger partial charge in [-0.15, -0.1) is 11.3 Å². The molecule has 5 heteroatoms. The third-order valence-corrected chi connectivity index (χ3v) is 3.30. The smallest absolute Gasteiger partial charge is 0.182 e. The van der Waals surface area contributed by atoms with Gasteiger partial charge in [-0.3, -0.25) is 0 Å². The van der Waals surface area contributed by atoms with Gasteiger partial charge >= 0.3 is 0 Å². The van der Waals surface area contributed by atoms with Crippen molar-refractivity contribution in [2.24, 2.45) is 0 Å². The van der Waals surface area contributed by atoms with Gasteiger partial charge in [0, 0.05) is 17.6 Å². The van der Waals surface area contributed by atoms with Crippen LogP contribution in [-0.2, 0) is 0 Å². The maximum atomic E-state index is 9.95. The van der Waals surface area contributed by atoms with Crippen molar-refractivity contribution in [3.8, 4) is 0 Å². The lowest BCUT2D eigenvalue weighted by molar-refractivity contribution is 0.191. The number of nitrogens with zero attached hydrogens (tertiary/aromatic N) is 1. The monoisotopic (exact) mass is 249 g/mol. The van der Waals surface area contributed by atoms with Crippen molar-refractivity contribution in [2.75, 3.05) is 17.6 Å². The van der Waals surface area contributed by atoms with Gasteiger partial charge in [-0.05, 0) is 24.6 Å². The number of aromatic nitrogens is 1. The number of benzene rings is 1. The molecule has 4 nitrogen and oxygen atoms in total. The number of thiazole rings is 1. The highest BCUT2D eigenvalue weighted by Gasteiger charge is 2.07. The molecule has 0 saturated carbocycles. The summed E-state index contributed by atoms with van der Waals surface area (Å²) in [6.45, 7) is 2.38. The molecule has 0 amide bonds. The van der Waals surface area contributed by atoms with Gasteiger partial charge in [-0.25, -0.2) is 4.98 Å². The van der Waals surface area contributed by atoms with Crippen LogP contribution in [0.25, 0.3) is 0 Å². The molecule has 0 aliphatic heterocycles. The molecule has 1 aromatic carbocycles. The number of aryl methyl sites for hydroxylation is 1. The van der Waals surface area contributed by atoms with E-state index in [0.29, 0.717) is 12.2 Å².